The van der Waals surface area contributed by atoms with Crippen molar-refractivity contribution in [3.05, 3.63) is 69.9 Å². The van der Waals surface area contributed by atoms with Gasteiger partial charge in [-0.1, -0.05) is 0 Å². The van der Waals surface area contributed by atoms with Gasteiger partial charge in [0.05, 0.1) is 34.3 Å². The Morgan fingerprint density at radius 2 is 2.10 bits per heavy atom. The molecule has 9 heteroatoms. The number of hydrogen-bond donors (Lipinski definition) is 1. The maximum absolute atomic E-state index is 13.1. The van der Waals surface area contributed by atoms with E-state index in [1.54, 1.807) is 13.0 Å². The van der Waals surface area contributed by atoms with Crippen LogP contribution in [-0.2, 0) is 9.53 Å². The van der Waals surface area contributed by atoms with E-state index in [1.807, 2.05) is 33.7 Å². The summed E-state index contributed by atoms with van der Waals surface area (Å²) in [6, 6.07) is 5.96. The van der Waals surface area contributed by atoms with Crippen LogP contribution in [0.3, 0.4) is 0 Å². The Balaban J connectivity index is 2.08. The lowest BCUT2D eigenvalue weighted by Gasteiger charge is -2.24. The van der Waals surface area contributed by atoms with E-state index in [0.717, 1.165) is 11.1 Å². The summed E-state index contributed by atoms with van der Waals surface area (Å²) in [5.41, 5.74) is 8.09. The van der Waals surface area contributed by atoms with Crippen LogP contribution in [0.25, 0.3) is 17.5 Å². The normalized spacial score (nSPS) is 16.6. The quantitative estimate of drug-likeness (QED) is 0.625. The number of ether oxygens (including phenoxy) is 1. The van der Waals surface area contributed by atoms with Crippen LogP contribution >= 0.6 is 34.0 Å². The predicted molar refractivity (Wildman–Crippen MR) is 116 cm³/mol. The molecule has 0 saturated carbocycles. The third kappa shape index (κ3) is 3.25. The molecule has 1 unspecified atom stereocenters. The molecule has 0 saturated heterocycles. The van der Waals surface area contributed by atoms with Crippen LogP contribution in [-0.4, -0.2) is 17.1 Å². The Morgan fingerprint density at radius 1 is 1.34 bits per heavy atom. The molecule has 0 amide bonds. The summed E-state index contributed by atoms with van der Waals surface area (Å²) in [5, 5.41) is 17.5. The van der Waals surface area contributed by atoms with Crippen LogP contribution in [0.1, 0.15) is 24.0 Å². The number of aromatic nitrogens is 1. The fourth-order valence-electron chi connectivity index (χ4n) is 3.24. The second-order valence-electron chi connectivity index (χ2n) is 6.15. The fourth-order valence-corrected chi connectivity index (χ4v) is 5.67. The summed E-state index contributed by atoms with van der Waals surface area (Å²) < 4.78 is 7.36. The Bertz CT molecular complexity index is 1320. The van der Waals surface area contributed by atoms with Crippen LogP contribution in [0.2, 0.25) is 0 Å². The van der Waals surface area contributed by atoms with Gasteiger partial charge in [0.2, 0.25) is 0 Å². The average Bonchev–Trinajstić information content (AvgIpc) is 3.45. The van der Waals surface area contributed by atoms with E-state index in [2.05, 4.69) is 6.07 Å². The number of nitrogens with two attached hydrogens (primary N) is 1. The number of esters is 1. The van der Waals surface area contributed by atoms with Crippen molar-refractivity contribution < 1.29 is 9.53 Å². The third-order valence-electron chi connectivity index (χ3n) is 4.48. The Kier molecular flexibility index (Phi) is 5.24. The molecule has 1 aliphatic heterocycles. The molecular weight excluding hydrogens is 426 g/mol. The number of carbonyl (C=O) groups excluding carboxylic acids is 1. The molecule has 2 N–H and O–H groups in total. The molecule has 3 aromatic heterocycles. The molecule has 0 spiro atoms. The van der Waals surface area contributed by atoms with Gasteiger partial charge in [-0.25, -0.2) is 4.79 Å². The summed E-state index contributed by atoms with van der Waals surface area (Å²) in [6.07, 6.45) is 1.76. The van der Waals surface area contributed by atoms with Gasteiger partial charge in [0.25, 0.3) is 5.56 Å². The first kappa shape index (κ1) is 19.4. The molecule has 1 atom stereocenters. The predicted octanol–water partition coefficient (Wildman–Crippen LogP) is 2.02. The molecular formula is C20H15N3O3S3. The van der Waals surface area contributed by atoms with Gasteiger partial charge in [-0.05, 0) is 57.8 Å². The molecule has 0 aliphatic carbocycles. The first-order valence-electron chi connectivity index (χ1n) is 8.66. The minimum atomic E-state index is -0.669. The average molecular weight is 442 g/mol. The second kappa shape index (κ2) is 7.83. The molecule has 4 heterocycles. The van der Waals surface area contributed by atoms with Gasteiger partial charge in [-0.3, -0.25) is 9.36 Å². The van der Waals surface area contributed by atoms with Crippen LogP contribution in [0.4, 0.5) is 0 Å². The number of rotatable bonds is 4. The largest absolute Gasteiger partial charge is 0.463 e. The smallest absolute Gasteiger partial charge is 0.338 e. The van der Waals surface area contributed by atoms with Crippen LogP contribution < -0.4 is 20.5 Å². The lowest BCUT2D eigenvalue weighted by molar-refractivity contribution is -0.138. The van der Waals surface area contributed by atoms with Gasteiger partial charge in [0, 0.05) is 0 Å². The van der Waals surface area contributed by atoms with Gasteiger partial charge in [-0.2, -0.15) is 27.9 Å². The highest BCUT2D eigenvalue weighted by atomic mass is 32.1. The Hall–Kier alpha value is -2.93. The monoisotopic (exact) mass is 441 g/mol. The van der Waals surface area contributed by atoms with Crippen molar-refractivity contribution in [2.75, 3.05) is 6.61 Å². The van der Waals surface area contributed by atoms with Crippen molar-refractivity contribution in [1.29, 1.82) is 5.26 Å². The molecule has 4 rings (SSSR count). The molecule has 1 aliphatic rings. The minimum Gasteiger partial charge on any atom is -0.463 e. The standard InChI is InChI=1S/C20H15N3O3S3/c1-2-26-20(25)16-15(12-4-6-28-10-12)13(8-21)19-23(17(16)22)18(24)14(29-19)7-11-3-5-27-9-11/h3-7,9-10,15H,2,22H2,1H3/b14-7-. The molecule has 6 nitrogen and oxygen atoms in total. The highest BCUT2D eigenvalue weighted by Crippen LogP contribution is 2.37. The van der Waals surface area contributed by atoms with Gasteiger partial charge >= 0.3 is 5.97 Å². The molecule has 0 fully saturated rings. The first-order chi connectivity index (χ1) is 14.1. The molecule has 0 radical (unpaired) electrons. The lowest BCUT2D eigenvalue weighted by atomic mass is 9.85. The number of nitriles is 1. The third-order valence-corrected chi connectivity index (χ3v) is 6.99. The SMILES string of the molecule is CCOC(=O)C1=C(N)n2c(s/c(=C\c3ccsc3)c2=O)=C(C#N)C1c1ccsc1. The van der Waals surface area contributed by atoms with Gasteiger partial charge in [-0.15, -0.1) is 11.3 Å². The Labute approximate surface area is 177 Å². The number of carbonyl (C=O) groups is 1. The van der Waals surface area contributed by atoms with Gasteiger partial charge in [0.15, 0.2) is 0 Å². The van der Waals surface area contributed by atoms with E-state index in [0.29, 0.717) is 14.8 Å². The molecule has 3 aromatic rings. The maximum Gasteiger partial charge on any atom is 0.338 e. The van der Waals surface area contributed by atoms with E-state index >= 15 is 0 Å². The fraction of sp³-hybridized carbons (Fsp3) is 0.150. The first-order valence-corrected chi connectivity index (χ1v) is 11.4. The molecule has 146 valence electrons. The number of thiazole rings is 1. The summed E-state index contributed by atoms with van der Waals surface area (Å²) in [6.45, 7) is 1.86. The highest BCUT2D eigenvalue weighted by Gasteiger charge is 2.36. The Morgan fingerprint density at radius 3 is 2.72 bits per heavy atom. The van der Waals surface area contributed by atoms with Crippen molar-refractivity contribution in [2.24, 2.45) is 5.73 Å². The zero-order valence-corrected chi connectivity index (χ0v) is 17.7. The van der Waals surface area contributed by atoms with Crippen LogP contribution in [0.15, 0.2) is 44.0 Å². The summed E-state index contributed by atoms with van der Waals surface area (Å²) in [4.78, 5) is 25.9. The van der Waals surface area contributed by atoms with Crippen LogP contribution in [0, 0.1) is 11.3 Å². The summed E-state index contributed by atoms with van der Waals surface area (Å²) >= 11 is 4.19. The highest BCUT2D eigenvalue weighted by molar-refractivity contribution is 7.08. The van der Waals surface area contributed by atoms with E-state index in [9.17, 15) is 14.9 Å². The molecule has 0 bridgehead atoms. The van der Waals surface area contributed by atoms with Crippen molar-refractivity contribution in [1.82, 2.24) is 4.57 Å². The zero-order chi connectivity index (χ0) is 20.5. The van der Waals surface area contributed by atoms with Gasteiger partial charge < -0.3 is 10.5 Å². The van der Waals surface area contributed by atoms with E-state index < -0.39 is 11.9 Å². The summed E-state index contributed by atoms with van der Waals surface area (Å²) in [5.74, 6) is -1.28. The van der Waals surface area contributed by atoms with Crippen molar-refractivity contribution in [3.63, 3.8) is 0 Å². The number of thiophene rings is 2. The summed E-state index contributed by atoms with van der Waals surface area (Å²) in [7, 11) is 0. The lowest BCUT2D eigenvalue weighted by Crippen LogP contribution is -2.40. The molecule has 0 aromatic carbocycles. The van der Waals surface area contributed by atoms with Crippen molar-refractivity contribution in [3.8, 4) is 6.07 Å². The van der Waals surface area contributed by atoms with Crippen LogP contribution in [0.5, 0.6) is 0 Å². The maximum atomic E-state index is 13.1. The van der Waals surface area contributed by atoms with E-state index in [1.165, 1.54) is 38.6 Å². The number of hydrogen-bond acceptors (Lipinski definition) is 8. The number of fused-ring (bicyclic) bond motifs is 1. The van der Waals surface area contributed by atoms with E-state index in [4.69, 9.17) is 10.5 Å². The topological polar surface area (TPSA) is 98.1 Å². The van der Waals surface area contributed by atoms with Crippen molar-refractivity contribution >= 4 is 57.4 Å². The zero-order valence-electron chi connectivity index (χ0n) is 15.2. The molecule has 29 heavy (non-hydrogen) atoms. The minimum absolute atomic E-state index is 0.0138. The van der Waals surface area contributed by atoms with E-state index in [-0.39, 0.29) is 23.6 Å². The second-order valence-corrected chi connectivity index (χ2v) is 8.74. The number of nitrogens with zero attached hydrogens (tertiary/aromatic N) is 2. The van der Waals surface area contributed by atoms with Gasteiger partial charge in [0.1, 0.15) is 10.5 Å². The van der Waals surface area contributed by atoms with Crippen molar-refractivity contribution in [2.45, 2.75) is 12.8 Å².